The number of rotatable bonds is 6. The Morgan fingerprint density at radius 1 is 1.04 bits per heavy atom. The van der Waals surface area contributed by atoms with Gasteiger partial charge in [0.2, 0.25) is 0 Å². The van der Waals surface area contributed by atoms with Gasteiger partial charge in [-0.05, 0) is 43.3 Å². The third-order valence-electron chi connectivity index (χ3n) is 4.86. The molecule has 5 heteroatoms. The maximum Gasteiger partial charge on any atom is 0.255 e. The fourth-order valence-electron chi connectivity index (χ4n) is 3.19. The smallest absolute Gasteiger partial charge is 0.255 e. The quantitative estimate of drug-likeness (QED) is 0.866. The summed E-state index contributed by atoms with van der Waals surface area (Å²) in [6.07, 6.45) is 0.809. The number of nitrogens with one attached hydrogen (secondary N) is 1. The lowest BCUT2D eigenvalue weighted by Gasteiger charge is -2.34. The van der Waals surface area contributed by atoms with Gasteiger partial charge in [-0.1, -0.05) is 24.3 Å². The first-order valence-corrected chi connectivity index (χ1v) is 9.11. The highest BCUT2D eigenvalue weighted by molar-refractivity contribution is 5.96. The predicted octanol–water partition coefficient (Wildman–Crippen LogP) is 2.42. The number of nitrogens with zero attached hydrogens (tertiary/aromatic N) is 2. The molecule has 0 unspecified atom stereocenters. The van der Waals surface area contributed by atoms with Crippen LogP contribution in [0.15, 0.2) is 48.5 Å². The number of benzene rings is 2. The van der Waals surface area contributed by atoms with Crippen LogP contribution in [0, 0.1) is 0 Å². The van der Waals surface area contributed by atoms with E-state index in [1.807, 2.05) is 12.1 Å². The maximum absolute atomic E-state index is 12.3. The summed E-state index contributed by atoms with van der Waals surface area (Å²) in [7, 11) is 3.74. The molecule has 0 spiro atoms. The molecule has 0 aromatic heterocycles. The molecule has 5 nitrogen and oxygen atoms in total. The zero-order valence-electron chi connectivity index (χ0n) is 15.6. The molecule has 3 rings (SSSR count). The number of para-hydroxylation sites is 1. The van der Waals surface area contributed by atoms with Crippen molar-refractivity contribution >= 4 is 11.6 Å². The fraction of sp³-hybridized carbons (Fsp3) is 0.381. The van der Waals surface area contributed by atoms with Crippen molar-refractivity contribution in [3.63, 3.8) is 0 Å². The van der Waals surface area contributed by atoms with Crippen LogP contribution in [0.25, 0.3) is 0 Å². The van der Waals surface area contributed by atoms with Crippen molar-refractivity contribution in [3.05, 3.63) is 59.7 Å². The standard InChI is InChI=1S/C21H27N3O2/c1-23-13-15-24(16-14-23)18-9-7-17(8-10-18)11-12-22-21(25)19-5-3-4-6-20(19)26-2/h3-10H,11-16H2,1-2H3,(H,22,25). The van der Waals surface area contributed by atoms with Gasteiger partial charge >= 0.3 is 0 Å². The third-order valence-corrected chi connectivity index (χ3v) is 4.86. The molecule has 0 atom stereocenters. The molecule has 2 aromatic rings. The summed E-state index contributed by atoms with van der Waals surface area (Å²) in [5, 5.41) is 2.97. The van der Waals surface area contributed by atoms with Crippen molar-refractivity contribution in [3.8, 4) is 5.75 Å². The van der Waals surface area contributed by atoms with Gasteiger partial charge in [-0.2, -0.15) is 0 Å². The van der Waals surface area contributed by atoms with E-state index >= 15 is 0 Å². The molecule has 0 radical (unpaired) electrons. The van der Waals surface area contributed by atoms with Crippen LogP contribution in [0.1, 0.15) is 15.9 Å². The Balaban J connectivity index is 1.50. The average molecular weight is 353 g/mol. The van der Waals surface area contributed by atoms with Gasteiger partial charge in [0.25, 0.3) is 5.91 Å². The van der Waals surface area contributed by atoms with E-state index < -0.39 is 0 Å². The van der Waals surface area contributed by atoms with E-state index in [0.29, 0.717) is 17.9 Å². The van der Waals surface area contributed by atoms with Crippen molar-refractivity contribution in [2.24, 2.45) is 0 Å². The molecule has 1 aliphatic rings. The molecule has 26 heavy (non-hydrogen) atoms. The number of amides is 1. The lowest BCUT2D eigenvalue weighted by Crippen LogP contribution is -2.44. The molecule has 1 fully saturated rings. The van der Waals surface area contributed by atoms with Gasteiger partial charge in [-0.25, -0.2) is 0 Å². The summed E-state index contributed by atoms with van der Waals surface area (Å²) < 4.78 is 5.24. The van der Waals surface area contributed by atoms with Crippen molar-refractivity contribution in [1.29, 1.82) is 0 Å². The van der Waals surface area contributed by atoms with Crippen LogP contribution >= 0.6 is 0 Å². The van der Waals surface area contributed by atoms with Crippen LogP contribution in [0.3, 0.4) is 0 Å². The van der Waals surface area contributed by atoms with Gasteiger partial charge in [-0.15, -0.1) is 0 Å². The van der Waals surface area contributed by atoms with Crippen LogP contribution in [0.4, 0.5) is 5.69 Å². The van der Waals surface area contributed by atoms with Crippen LogP contribution in [0.2, 0.25) is 0 Å². The first kappa shape index (κ1) is 18.3. The highest BCUT2D eigenvalue weighted by Crippen LogP contribution is 2.18. The molecular weight excluding hydrogens is 326 g/mol. The highest BCUT2D eigenvalue weighted by atomic mass is 16.5. The lowest BCUT2D eigenvalue weighted by molar-refractivity contribution is 0.0951. The Morgan fingerprint density at radius 3 is 2.42 bits per heavy atom. The van der Waals surface area contributed by atoms with E-state index in [4.69, 9.17) is 4.74 Å². The lowest BCUT2D eigenvalue weighted by atomic mass is 10.1. The summed E-state index contributed by atoms with van der Waals surface area (Å²) in [6.45, 7) is 4.97. The second-order valence-corrected chi connectivity index (χ2v) is 6.66. The number of carbonyl (C=O) groups excluding carboxylic acids is 1. The molecule has 2 aromatic carbocycles. The second kappa shape index (κ2) is 8.72. The van der Waals surface area contributed by atoms with E-state index in [1.165, 1.54) is 11.3 Å². The molecule has 1 aliphatic heterocycles. The number of anilines is 1. The Kier molecular flexibility index (Phi) is 6.12. The summed E-state index contributed by atoms with van der Waals surface area (Å²) in [6, 6.07) is 16.0. The van der Waals surface area contributed by atoms with Crippen molar-refractivity contribution in [1.82, 2.24) is 10.2 Å². The van der Waals surface area contributed by atoms with Gasteiger partial charge < -0.3 is 19.9 Å². The molecule has 1 amide bonds. The largest absolute Gasteiger partial charge is 0.496 e. The number of ether oxygens (including phenoxy) is 1. The maximum atomic E-state index is 12.3. The predicted molar refractivity (Wildman–Crippen MR) is 105 cm³/mol. The van der Waals surface area contributed by atoms with E-state index in [-0.39, 0.29) is 5.91 Å². The van der Waals surface area contributed by atoms with Crippen molar-refractivity contribution < 1.29 is 9.53 Å². The first-order valence-electron chi connectivity index (χ1n) is 9.11. The minimum absolute atomic E-state index is 0.100. The molecule has 1 saturated heterocycles. The third kappa shape index (κ3) is 4.55. The Hall–Kier alpha value is -2.53. The van der Waals surface area contributed by atoms with Gasteiger partial charge in [-0.3, -0.25) is 4.79 Å². The summed E-state index contributed by atoms with van der Waals surface area (Å²) in [5.41, 5.74) is 3.07. The van der Waals surface area contributed by atoms with E-state index in [0.717, 1.165) is 32.6 Å². The van der Waals surface area contributed by atoms with E-state index in [9.17, 15) is 4.79 Å². The minimum atomic E-state index is -0.100. The Labute approximate surface area is 155 Å². The second-order valence-electron chi connectivity index (χ2n) is 6.66. The van der Waals surface area contributed by atoms with Gasteiger partial charge in [0.15, 0.2) is 0 Å². The average Bonchev–Trinajstić information content (AvgIpc) is 2.69. The first-order chi connectivity index (χ1) is 12.7. The van der Waals surface area contributed by atoms with Crippen molar-refractivity contribution in [2.75, 3.05) is 51.8 Å². The number of carbonyl (C=O) groups is 1. The number of methoxy groups -OCH3 is 1. The van der Waals surface area contributed by atoms with Crippen LogP contribution in [0.5, 0.6) is 5.75 Å². The minimum Gasteiger partial charge on any atom is -0.496 e. The van der Waals surface area contributed by atoms with Crippen LogP contribution in [-0.4, -0.2) is 57.7 Å². The molecule has 0 aliphatic carbocycles. The molecular formula is C21H27N3O2. The summed E-state index contributed by atoms with van der Waals surface area (Å²) >= 11 is 0. The number of hydrogen-bond donors (Lipinski definition) is 1. The van der Waals surface area contributed by atoms with Crippen LogP contribution in [-0.2, 0) is 6.42 Å². The Morgan fingerprint density at radius 2 is 1.73 bits per heavy atom. The highest BCUT2D eigenvalue weighted by Gasteiger charge is 2.14. The Bertz CT molecular complexity index is 722. The molecule has 0 saturated carbocycles. The van der Waals surface area contributed by atoms with Gasteiger partial charge in [0.1, 0.15) is 5.75 Å². The van der Waals surface area contributed by atoms with Crippen LogP contribution < -0.4 is 15.0 Å². The molecule has 138 valence electrons. The van der Waals surface area contributed by atoms with E-state index in [1.54, 1.807) is 19.2 Å². The monoisotopic (exact) mass is 353 g/mol. The molecule has 1 N–H and O–H groups in total. The number of piperazine rings is 1. The number of hydrogen-bond acceptors (Lipinski definition) is 4. The molecule has 1 heterocycles. The fourth-order valence-corrected chi connectivity index (χ4v) is 3.19. The SMILES string of the molecule is COc1ccccc1C(=O)NCCc1ccc(N2CCN(C)CC2)cc1. The van der Waals surface area contributed by atoms with Crippen molar-refractivity contribution in [2.45, 2.75) is 6.42 Å². The summed E-state index contributed by atoms with van der Waals surface area (Å²) in [5.74, 6) is 0.498. The summed E-state index contributed by atoms with van der Waals surface area (Å²) in [4.78, 5) is 17.1. The van der Waals surface area contributed by atoms with Gasteiger partial charge in [0, 0.05) is 38.4 Å². The topological polar surface area (TPSA) is 44.8 Å². The zero-order valence-corrected chi connectivity index (χ0v) is 15.6. The van der Waals surface area contributed by atoms with Gasteiger partial charge in [0.05, 0.1) is 12.7 Å². The number of likely N-dealkylation sites (N-methyl/N-ethyl adjacent to an activating group) is 1. The van der Waals surface area contributed by atoms with E-state index in [2.05, 4.69) is 46.4 Å². The normalized spacial score (nSPS) is 14.9. The molecule has 0 bridgehead atoms. The zero-order chi connectivity index (χ0) is 18.4.